The lowest BCUT2D eigenvalue weighted by Crippen LogP contribution is -2.70. The molecule has 9 nitrogen and oxygen atoms in total. The molecule has 1 atom stereocenters. The number of thioether (sulfide) groups is 1. The first-order valence-corrected chi connectivity index (χ1v) is 14.1. The van der Waals surface area contributed by atoms with E-state index in [-0.39, 0.29) is 37.9 Å². The van der Waals surface area contributed by atoms with Crippen LogP contribution in [-0.2, 0) is 34.4 Å². The van der Waals surface area contributed by atoms with Gasteiger partial charge in [0.1, 0.15) is 24.4 Å². The average molecular weight is 498 g/mol. The number of nitrogens with one attached hydrogen (secondary N) is 2. The molecule has 2 aliphatic heterocycles. The van der Waals surface area contributed by atoms with Crippen molar-refractivity contribution in [2.24, 2.45) is 0 Å². The van der Waals surface area contributed by atoms with E-state index < -0.39 is 25.1 Å². The quantitative estimate of drug-likeness (QED) is 0.476. The number of hydrogen-bond donors (Lipinski definition) is 2. The van der Waals surface area contributed by atoms with Gasteiger partial charge < -0.3 is 24.6 Å². The molecule has 2 N–H and O–H groups in total. The summed E-state index contributed by atoms with van der Waals surface area (Å²) in [4.78, 5) is 41.0. The van der Waals surface area contributed by atoms with Crippen LogP contribution in [0, 0.1) is 0 Å². The number of amides is 3. The van der Waals surface area contributed by atoms with E-state index in [1.165, 1.54) is 4.90 Å². The molecule has 0 aliphatic carbocycles. The van der Waals surface area contributed by atoms with Crippen molar-refractivity contribution in [1.29, 1.82) is 0 Å². The molecule has 2 heterocycles. The maximum Gasteiger partial charge on any atom is 0.349 e. The monoisotopic (exact) mass is 497 g/mol. The first-order chi connectivity index (χ1) is 15.8. The fraction of sp³-hybridized carbons (Fsp3) is 0.591. The van der Waals surface area contributed by atoms with Crippen molar-refractivity contribution in [3.8, 4) is 0 Å². The van der Waals surface area contributed by atoms with Gasteiger partial charge in [0, 0.05) is 6.42 Å². The van der Waals surface area contributed by atoms with Crippen molar-refractivity contribution in [3.63, 3.8) is 0 Å². The zero-order valence-corrected chi connectivity index (χ0v) is 20.8. The van der Waals surface area contributed by atoms with E-state index in [2.05, 4.69) is 10.6 Å². The number of hydrogen-bond acceptors (Lipinski definition) is 7. The lowest BCUT2D eigenvalue weighted by molar-refractivity contribution is -0.157. The molecule has 182 valence electrons. The van der Waals surface area contributed by atoms with Crippen LogP contribution in [0.4, 0.5) is 0 Å². The fourth-order valence-electron chi connectivity index (χ4n) is 4.25. The highest BCUT2D eigenvalue weighted by Gasteiger charge is 2.51. The van der Waals surface area contributed by atoms with Crippen LogP contribution in [0.3, 0.4) is 0 Å². The number of nitrogens with zero attached hydrogens (tertiary/aromatic N) is 1. The highest BCUT2D eigenvalue weighted by Crippen LogP contribution is 2.47. The fourth-order valence-corrected chi connectivity index (χ4v) is 6.79. The van der Waals surface area contributed by atoms with Crippen LogP contribution < -0.4 is 10.6 Å². The molecule has 3 rings (SSSR count). The first-order valence-electron chi connectivity index (χ1n) is 11.2. The van der Waals surface area contributed by atoms with Crippen LogP contribution >= 0.6 is 19.4 Å². The van der Waals surface area contributed by atoms with Gasteiger partial charge in [0.15, 0.2) is 0 Å². The van der Waals surface area contributed by atoms with Crippen LogP contribution in [-0.4, -0.2) is 71.8 Å². The molecule has 0 bridgehead atoms. The Hall–Kier alpha value is -1.87. The van der Waals surface area contributed by atoms with Gasteiger partial charge >= 0.3 is 7.60 Å². The zero-order valence-electron chi connectivity index (χ0n) is 19.1. The van der Waals surface area contributed by atoms with E-state index in [0.29, 0.717) is 30.8 Å². The summed E-state index contributed by atoms with van der Waals surface area (Å²) < 4.78 is 23.4. The molecular formula is C22H32N3O6PS. The van der Waals surface area contributed by atoms with Gasteiger partial charge in [-0.1, -0.05) is 30.3 Å². The molecule has 1 aromatic rings. The van der Waals surface area contributed by atoms with Crippen molar-refractivity contribution in [3.05, 3.63) is 35.9 Å². The Morgan fingerprint density at radius 1 is 1.18 bits per heavy atom. The van der Waals surface area contributed by atoms with Crippen molar-refractivity contribution in [2.45, 2.75) is 44.7 Å². The lowest BCUT2D eigenvalue weighted by Gasteiger charge is -2.47. The number of benzene rings is 1. The molecule has 11 heteroatoms. The third kappa shape index (κ3) is 6.18. The van der Waals surface area contributed by atoms with Crippen LogP contribution in [0.15, 0.2) is 30.3 Å². The second kappa shape index (κ2) is 11.5. The Kier molecular flexibility index (Phi) is 8.98. The second-order valence-electron chi connectivity index (χ2n) is 7.99. The summed E-state index contributed by atoms with van der Waals surface area (Å²) in [6.07, 6.45) is 0.880. The summed E-state index contributed by atoms with van der Waals surface area (Å²) in [5, 5.41) is 5.49. The Balaban J connectivity index is 1.82. The largest absolute Gasteiger partial charge is 0.349 e. The van der Waals surface area contributed by atoms with E-state index in [9.17, 15) is 18.9 Å². The summed E-state index contributed by atoms with van der Waals surface area (Å²) in [5.74, 6) is 0.352. The molecule has 2 aliphatic rings. The maximum atomic E-state index is 13.5. The SMILES string of the molecule is CCOP(=O)(CNC(=O)C1(N2CC(=O)N[C@@H](Cc3ccccc3)C2=O)CCSCC1)OCC. The standard InChI is InChI=1S/C22H32N3O6PS/c1-3-30-32(29,31-4-2)16-23-21(28)22(10-12-33-13-11-22)25-15-19(26)24-18(20(25)27)14-17-8-6-5-7-9-17/h5-9,18H,3-4,10-16H2,1-2H3,(H,23,28)(H,24,26)/t18-/m0/s1. The van der Waals surface area contributed by atoms with E-state index in [1.807, 2.05) is 30.3 Å². The van der Waals surface area contributed by atoms with Gasteiger partial charge in [-0.3, -0.25) is 18.9 Å². The Bertz CT molecular complexity index is 883. The first kappa shape index (κ1) is 25.7. The minimum Gasteiger partial charge on any atom is -0.342 e. The van der Waals surface area contributed by atoms with Gasteiger partial charge in [0.25, 0.3) is 0 Å². The number of carbonyl (C=O) groups excluding carboxylic acids is 3. The van der Waals surface area contributed by atoms with E-state index >= 15 is 0 Å². The Morgan fingerprint density at radius 2 is 1.82 bits per heavy atom. The normalized spacial score (nSPS) is 20.9. The van der Waals surface area contributed by atoms with Gasteiger partial charge in [0.2, 0.25) is 17.7 Å². The van der Waals surface area contributed by atoms with Gasteiger partial charge in [-0.05, 0) is 43.8 Å². The molecule has 0 unspecified atom stereocenters. The maximum absolute atomic E-state index is 13.5. The highest BCUT2D eigenvalue weighted by atomic mass is 32.2. The number of carbonyl (C=O) groups is 3. The predicted octanol–water partition coefficient (Wildman–Crippen LogP) is 2.16. The van der Waals surface area contributed by atoms with Crippen molar-refractivity contribution < 1.29 is 28.0 Å². The van der Waals surface area contributed by atoms with Crippen molar-refractivity contribution in [1.82, 2.24) is 15.5 Å². The molecule has 33 heavy (non-hydrogen) atoms. The van der Waals surface area contributed by atoms with Crippen LogP contribution in [0.2, 0.25) is 0 Å². The van der Waals surface area contributed by atoms with Crippen molar-refractivity contribution >= 4 is 37.1 Å². The molecular weight excluding hydrogens is 465 g/mol. The summed E-state index contributed by atoms with van der Waals surface area (Å²) in [6.45, 7) is 3.58. The summed E-state index contributed by atoms with van der Waals surface area (Å²) in [6, 6.07) is 8.70. The van der Waals surface area contributed by atoms with E-state index in [0.717, 1.165) is 5.56 Å². The van der Waals surface area contributed by atoms with Gasteiger partial charge in [-0.2, -0.15) is 11.8 Å². The van der Waals surface area contributed by atoms with Crippen LogP contribution in [0.1, 0.15) is 32.3 Å². The molecule has 0 saturated carbocycles. The predicted molar refractivity (Wildman–Crippen MR) is 127 cm³/mol. The molecule has 0 aromatic heterocycles. The number of piperazine rings is 1. The topological polar surface area (TPSA) is 114 Å². The lowest BCUT2D eigenvalue weighted by atomic mass is 9.86. The molecule has 2 saturated heterocycles. The van der Waals surface area contributed by atoms with Gasteiger partial charge in [0.05, 0.1) is 13.2 Å². The number of rotatable bonds is 10. The molecule has 0 radical (unpaired) electrons. The van der Waals surface area contributed by atoms with Gasteiger partial charge in [-0.25, -0.2) is 0 Å². The van der Waals surface area contributed by atoms with E-state index in [4.69, 9.17) is 9.05 Å². The van der Waals surface area contributed by atoms with Gasteiger partial charge in [-0.15, -0.1) is 0 Å². The summed E-state index contributed by atoms with van der Waals surface area (Å²) in [7, 11) is -3.50. The van der Waals surface area contributed by atoms with E-state index in [1.54, 1.807) is 25.6 Å². The highest BCUT2D eigenvalue weighted by molar-refractivity contribution is 7.99. The third-order valence-electron chi connectivity index (χ3n) is 5.83. The smallest absolute Gasteiger partial charge is 0.342 e. The van der Waals surface area contributed by atoms with Crippen LogP contribution in [0.5, 0.6) is 0 Å². The zero-order chi connectivity index (χ0) is 23.9. The van der Waals surface area contributed by atoms with Crippen molar-refractivity contribution in [2.75, 3.05) is 37.6 Å². The minimum absolute atomic E-state index is 0.181. The third-order valence-corrected chi connectivity index (χ3v) is 8.66. The van der Waals surface area contributed by atoms with Crippen LogP contribution in [0.25, 0.3) is 0 Å². The Labute approximate surface area is 198 Å². The summed E-state index contributed by atoms with van der Waals surface area (Å²) in [5.41, 5.74) is -0.261. The Morgan fingerprint density at radius 3 is 2.42 bits per heavy atom. The second-order valence-corrected chi connectivity index (χ2v) is 11.3. The molecule has 0 spiro atoms. The molecule has 2 fully saturated rings. The molecule has 1 aromatic carbocycles. The molecule has 3 amide bonds. The average Bonchev–Trinajstić information content (AvgIpc) is 2.81. The summed E-state index contributed by atoms with van der Waals surface area (Å²) >= 11 is 1.70. The minimum atomic E-state index is -3.50.